The second kappa shape index (κ2) is 4.74. The van der Waals surface area contributed by atoms with E-state index in [1.807, 2.05) is 18.2 Å². The number of fused-ring (bicyclic) bond motifs is 1. The van der Waals surface area contributed by atoms with Crippen molar-refractivity contribution >= 4 is 17.6 Å². The fourth-order valence-corrected chi connectivity index (χ4v) is 3.05. The van der Waals surface area contributed by atoms with Crippen LogP contribution in [0, 0.1) is 0 Å². The van der Waals surface area contributed by atoms with E-state index in [4.69, 9.17) is 16.7 Å². The molecule has 0 saturated carbocycles. The smallest absolute Gasteiger partial charge is 0.352 e. The molecule has 0 bridgehead atoms. The lowest BCUT2D eigenvalue weighted by molar-refractivity contribution is 0.0691. The second-order valence-electron chi connectivity index (χ2n) is 4.99. The summed E-state index contributed by atoms with van der Waals surface area (Å²) in [6.45, 7) is 0. The molecule has 1 aliphatic carbocycles. The summed E-state index contributed by atoms with van der Waals surface area (Å²) >= 11 is 5.99. The van der Waals surface area contributed by atoms with E-state index in [0.717, 1.165) is 35.5 Å². The number of halogens is 1. The topological polar surface area (TPSA) is 53.1 Å². The summed E-state index contributed by atoms with van der Waals surface area (Å²) in [5, 5.41) is 9.75. The third kappa shape index (κ3) is 2.38. The van der Waals surface area contributed by atoms with Gasteiger partial charge in [0.25, 0.3) is 0 Å². The molecule has 98 valence electrons. The molecule has 1 atom stereocenters. The van der Waals surface area contributed by atoms with Crippen molar-refractivity contribution in [2.24, 2.45) is 0 Å². The summed E-state index contributed by atoms with van der Waals surface area (Å²) < 4.78 is 0. The van der Waals surface area contributed by atoms with Crippen LogP contribution in [0.25, 0.3) is 0 Å². The molecular formula is C15H14ClNO2. The molecule has 0 fully saturated rings. The van der Waals surface area contributed by atoms with Crippen LogP contribution in [0.2, 0.25) is 5.02 Å². The van der Waals surface area contributed by atoms with Crippen LogP contribution in [0.15, 0.2) is 30.3 Å². The van der Waals surface area contributed by atoms with Crippen molar-refractivity contribution in [1.29, 1.82) is 0 Å². The number of carboxylic acid groups (broad SMARTS) is 1. The van der Waals surface area contributed by atoms with Crippen molar-refractivity contribution in [2.75, 3.05) is 0 Å². The number of hydrogen-bond acceptors (Lipinski definition) is 1. The molecule has 0 saturated heterocycles. The third-order valence-electron chi connectivity index (χ3n) is 3.72. The number of carbonyl (C=O) groups is 1. The van der Waals surface area contributed by atoms with Crippen LogP contribution < -0.4 is 0 Å². The molecule has 1 aromatic carbocycles. The Morgan fingerprint density at radius 1 is 1.42 bits per heavy atom. The first kappa shape index (κ1) is 12.3. The fourth-order valence-electron chi connectivity index (χ4n) is 2.83. The number of aryl methyl sites for hydroxylation is 1. The number of hydrogen-bond donors (Lipinski definition) is 2. The van der Waals surface area contributed by atoms with Crippen LogP contribution >= 0.6 is 11.6 Å². The molecule has 1 aliphatic rings. The number of benzene rings is 1. The number of aromatic nitrogens is 1. The first-order valence-electron chi connectivity index (χ1n) is 6.33. The Labute approximate surface area is 116 Å². The average molecular weight is 276 g/mol. The van der Waals surface area contributed by atoms with Gasteiger partial charge in [-0.1, -0.05) is 23.7 Å². The number of aromatic amines is 1. The minimum atomic E-state index is -0.893. The van der Waals surface area contributed by atoms with Crippen LogP contribution in [-0.2, 0) is 12.8 Å². The van der Waals surface area contributed by atoms with E-state index < -0.39 is 5.97 Å². The maximum absolute atomic E-state index is 11.0. The predicted molar refractivity (Wildman–Crippen MR) is 74.0 cm³/mol. The van der Waals surface area contributed by atoms with Crippen molar-refractivity contribution in [2.45, 2.75) is 25.2 Å². The lowest BCUT2D eigenvalue weighted by Gasteiger charge is -2.10. The summed E-state index contributed by atoms with van der Waals surface area (Å²) in [7, 11) is 0. The van der Waals surface area contributed by atoms with Crippen LogP contribution in [0.4, 0.5) is 0 Å². The normalized spacial score (nSPS) is 17.4. The molecule has 1 aromatic heterocycles. The Morgan fingerprint density at radius 2 is 2.26 bits per heavy atom. The zero-order chi connectivity index (χ0) is 13.4. The van der Waals surface area contributed by atoms with Gasteiger partial charge >= 0.3 is 5.97 Å². The van der Waals surface area contributed by atoms with Gasteiger partial charge in [0.2, 0.25) is 0 Å². The minimum Gasteiger partial charge on any atom is -0.477 e. The van der Waals surface area contributed by atoms with E-state index in [0.29, 0.717) is 11.6 Å². The molecular weight excluding hydrogens is 262 g/mol. The Kier molecular flexibility index (Phi) is 3.07. The summed E-state index contributed by atoms with van der Waals surface area (Å²) in [4.78, 5) is 14.0. The molecule has 1 unspecified atom stereocenters. The summed E-state index contributed by atoms with van der Waals surface area (Å²) in [5.74, 6) is -0.506. The molecule has 0 spiro atoms. The van der Waals surface area contributed by atoms with Crippen LogP contribution in [-0.4, -0.2) is 16.1 Å². The molecule has 0 amide bonds. The van der Waals surface area contributed by atoms with Crippen LogP contribution in [0.3, 0.4) is 0 Å². The maximum atomic E-state index is 11.0. The number of H-pyrrole nitrogens is 1. The largest absolute Gasteiger partial charge is 0.477 e. The molecule has 2 N–H and O–H groups in total. The zero-order valence-corrected chi connectivity index (χ0v) is 11.1. The van der Waals surface area contributed by atoms with Gasteiger partial charge in [0.15, 0.2) is 0 Å². The van der Waals surface area contributed by atoms with Crippen molar-refractivity contribution in [3.05, 3.63) is 57.9 Å². The Balaban J connectivity index is 1.84. The van der Waals surface area contributed by atoms with E-state index in [1.54, 1.807) is 6.07 Å². The Hall–Kier alpha value is -1.74. The number of aromatic carboxylic acids is 1. The third-order valence-corrected chi connectivity index (χ3v) is 3.95. The molecule has 0 aliphatic heterocycles. The van der Waals surface area contributed by atoms with E-state index in [1.165, 1.54) is 5.56 Å². The SMILES string of the molecule is O=C(O)c1cc2c([nH]1)CCC2Cc1cccc(Cl)c1. The average Bonchev–Trinajstić information content (AvgIpc) is 2.91. The molecule has 1 heterocycles. The Morgan fingerprint density at radius 3 is 3.00 bits per heavy atom. The van der Waals surface area contributed by atoms with Gasteiger partial charge in [-0.2, -0.15) is 0 Å². The first-order valence-corrected chi connectivity index (χ1v) is 6.71. The standard InChI is InChI=1S/C15H14ClNO2/c16-11-3-1-2-9(7-11)6-10-4-5-13-12(10)8-14(17-13)15(18)19/h1-3,7-8,10,17H,4-6H2,(H,18,19). The van der Waals surface area contributed by atoms with Gasteiger partial charge in [-0.3, -0.25) is 0 Å². The molecule has 19 heavy (non-hydrogen) atoms. The summed E-state index contributed by atoms with van der Waals surface area (Å²) in [6.07, 6.45) is 2.89. The van der Waals surface area contributed by atoms with Crippen LogP contribution in [0.5, 0.6) is 0 Å². The van der Waals surface area contributed by atoms with E-state index in [2.05, 4.69) is 11.1 Å². The number of carboxylic acids is 1. The fraction of sp³-hybridized carbons (Fsp3) is 0.267. The van der Waals surface area contributed by atoms with Gasteiger partial charge in [0.1, 0.15) is 5.69 Å². The molecule has 3 nitrogen and oxygen atoms in total. The summed E-state index contributed by atoms with van der Waals surface area (Å²) in [5.41, 5.74) is 3.71. The quantitative estimate of drug-likeness (QED) is 0.898. The van der Waals surface area contributed by atoms with Crippen molar-refractivity contribution in [3.8, 4) is 0 Å². The highest BCUT2D eigenvalue weighted by molar-refractivity contribution is 6.30. The predicted octanol–water partition coefficient (Wildman–Crippen LogP) is 3.64. The highest BCUT2D eigenvalue weighted by Crippen LogP contribution is 2.36. The van der Waals surface area contributed by atoms with Gasteiger partial charge in [0.05, 0.1) is 0 Å². The van der Waals surface area contributed by atoms with Gasteiger partial charge < -0.3 is 10.1 Å². The zero-order valence-electron chi connectivity index (χ0n) is 10.3. The maximum Gasteiger partial charge on any atom is 0.352 e. The minimum absolute atomic E-state index is 0.292. The van der Waals surface area contributed by atoms with E-state index in [-0.39, 0.29) is 0 Å². The van der Waals surface area contributed by atoms with E-state index in [9.17, 15) is 4.79 Å². The molecule has 0 radical (unpaired) electrons. The van der Waals surface area contributed by atoms with Gasteiger partial charge in [0, 0.05) is 10.7 Å². The highest BCUT2D eigenvalue weighted by atomic mass is 35.5. The lowest BCUT2D eigenvalue weighted by atomic mass is 9.95. The Bertz CT molecular complexity index is 633. The van der Waals surface area contributed by atoms with Crippen LogP contribution in [0.1, 0.15) is 39.6 Å². The van der Waals surface area contributed by atoms with Crippen molar-refractivity contribution in [3.63, 3.8) is 0 Å². The summed E-state index contributed by atoms with van der Waals surface area (Å²) in [6, 6.07) is 9.64. The van der Waals surface area contributed by atoms with Crippen molar-refractivity contribution < 1.29 is 9.90 Å². The van der Waals surface area contributed by atoms with Gasteiger partial charge in [-0.15, -0.1) is 0 Å². The van der Waals surface area contributed by atoms with Gasteiger partial charge in [-0.05, 0) is 54.5 Å². The number of nitrogens with one attached hydrogen (secondary N) is 1. The lowest BCUT2D eigenvalue weighted by Crippen LogP contribution is -2.00. The van der Waals surface area contributed by atoms with E-state index >= 15 is 0 Å². The molecule has 3 rings (SSSR count). The number of rotatable bonds is 3. The van der Waals surface area contributed by atoms with Gasteiger partial charge in [-0.25, -0.2) is 4.79 Å². The highest BCUT2D eigenvalue weighted by Gasteiger charge is 2.26. The monoisotopic (exact) mass is 275 g/mol. The second-order valence-corrected chi connectivity index (χ2v) is 5.43. The molecule has 4 heteroatoms. The first-order chi connectivity index (χ1) is 9.13. The van der Waals surface area contributed by atoms with Crippen molar-refractivity contribution in [1.82, 2.24) is 4.98 Å². The molecule has 2 aromatic rings.